The van der Waals surface area contributed by atoms with Crippen LogP contribution in [0.1, 0.15) is 46.5 Å². The van der Waals surface area contributed by atoms with Crippen molar-refractivity contribution in [1.82, 2.24) is 5.32 Å². The molecule has 0 heterocycles. The summed E-state index contributed by atoms with van der Waals surface area (Å²) in [5.41, 5.74) is -0.0666. The third-order valence-electron chi connectivity index (χ3n) is 3.46. The SMILES string of the molecule is CC(C)(C)NC(=O)C1C2CCCCC21. The Morgan fingerprint density at radius 2 is 1.64 bits per heavy atom. The fourth-order valence-corrected chi connectivity index (χ4v) is 2.83. The minimum Gasteiger partial charge on any atom is -0.351 e. The minimum absolute atomic E-state index is 0.0666. The highest BCUT2D eigenvalue weighted by molar-refractivity contribution is 5.82. The Kier molecular flexibility index (Phi) is 2.32. The van der Waals surface area contributed by atoms with Crippen molar-refractivity contribution in [3.8, 4) is 0 Å². The Labute approximate surface area is 86.5 Å². The first-order valence-corrected chi connectivity index (χ1v) is 5.81. The van der Waals surface area contributed by atoms with Gasteiger partial charge >= 0.3 is 0 Å². The van der Waals surface area contributed by atoms with Gasteiger partial charge in [-0.3, -0.25) is 4.79 Å². The number of carbonyl (C=O) groups is 1. The van der Waals surface area contributed by atoms with Crippen molar-refractivity contribution in [3.05, 3.63) is 0 Å². The van der Waals surface area contributed by atoms with Gasteiger partial charge < -0.3 is 5.32 Å². The van der Waals surface area contributed by atoms with Gasteiger partial charge in [-0.05, 0) is 45.4 Å². The topological polar surface area (TPSA) is 29.1 Å². The number of rotatable bonds is 1. The van der Waals surface area contributed by atoms with Gasteiger partial charge in [0.05, 0.1) is 0 Å². The standard InChI is InChI=1S/C12H21NO/c1-12(2,3)13-11(14)10-8-6-4-5-7-9(8)10/h8-10H,4-7H2,1-3H3,(H,13,14). The average molecular weight is 195 g/mol. The highest BCUT2D eigenvalue weighted by Crippen LogP contribution is 2.55. The van der Waals surface area contributed by atoms with Gasteiger partial charge in [-0.2, -0.15) is 0 Å². The second kappa shape index (κ2) is 3.25. The van der Waals surface area contributed by atoms with Crippen LogP contribution in [0.25, 0.3) is 0 Å². The third-order valence-corrected chi connectivity index (χ3v) is 3.46. The second-order valence-corrected chi connectivity index (χ2v) is 5.88. The number of fused-ring (bicyclic) bond motifs is 1. The predicted molar refractivity (Wildman–Crippen MR) is 56.8 cm³/mol. The van der Waals surface area contributed by atoms with Gasteiger partial charge in [0.2, 0.25) is 5.91 Å². The molecule has 0 radical (unpaired) electrons. The van der Waals surface area contributed by atoms with Crippen LogP contribution < -0.4 is 5.32 Å². The van der Waals surface area contributed by atoms with Crippen LogP contribution in [0.5, 0.6) is 0 Å². The monoisotopic (exact) mass is 195 g/mol. The summed E-state index contributed by atoms with van der Waals surface area (Å²) in [4.78, 5) is 11.9. The maximum atomic E-state index is 11.9. The number of carbonyl (C=O) groups excluding carboxylic acids is 1. The highest BCUT2D eigenvalue weighted by atomic mass is 16.2. The molecule has 0 bridgehead atoms. The van der Waals surface area contributed by atoms with Crippen molar-refractivity contribution in [2.24, 2.45) is 17.8 Å². The number of hydrogen-bond acceptors (Lipinski definition) is 1. The molecule has 0 aromatic rings. The van der Waals surface area contributed by atoms with Crippen molar-refractivity contribution in [2.45, 2.75) is 52.0 Å². The molecule has 2 saturated carbocycles. The molecule has 0 saturated heterocycles. The zero-order chi connectivity index (χ0) is 10.3. The molecule has 2 atom stereocenters. The van der Waals surface area contributed by atoms with E-state index in [1.54, 1.807) is 0 Å². The molecule has 0 aromatic carbocycles. The van der Waals surface area contributed by atoms with E-state index in [4.69, 9.17) is 0 Å². The molecule has 2 aliphatic rings. The Morgan fingerprint density at radius 1 is 1.14 bits per heavy atom. The van der Waals surface area contributed by atoms with E-state index in [9.17, 15) is 4.79 Å². The van der Waals surface area contributed by atoms with Crippen molar-refractivity contribution in [2.75, 3.05) is 0 Å². The molecule has 2 rings (SSSR count). The van der Waals surface area contributed by atoms with Crippen LogP contribution in [0.15, 0.2) is 0 Å². The predicted octanol–water partition coefficient (Wildman–Crippen LogP) is 2.34. The summed E-state index contributed by atoms with van der Waals surface area (Å²) < 4.78 is 0. The normalized spacial score (nSPS) is 36.1. The van der Waals surface area contributed by atoms with Crippen molar-refractivity contribution < 1.29 is 4.79 Å². The van der Waals surface area contributed by atoms with Crippen LogP contribution >= 0.6 is 0 Å². The lowest BCUT2D eigenvalue weighted by Gasteiger charge is -2.20. The number of nitrogens with one attached hydrogen (secondary N) is 1. The van der Waals surface area contributed by atoms with Gasteiger partial charge in [-0.15, -0.1) is 0 Å². The summed E-state index contributed by atoms with van der Waals surface area (Å²) in [6, 6.07) is 0. The lowest BCUT2D eigenvalue weighted by molar-refractivity contribution is -0.124. The van der Waals surface area contributed by atoms with E-state index in [1.807, 2.05) is 0 Å². The van der Waals surface area contributed by atoms with E-state index in [0.29, 0.717) is 11.8 Å². The smallest absolute Gasteiger partial charge is 0.224 e. The second-order valence-electron chi connectivity index (χ2n) is 5.88. The van der Waals surface area contributed by atoms with Crippen LogP contribution in [0.3, 0.4) is 0 Å². The van der Waals surface area contributed by atoms with Crippen molar-refractivity contribution in [1.29, 1.82) is 0 Å². The molecular formula is C12H21NO. The summed E-state index contributed by atoms with van der Waals surface area (Å²) in [5, 5.41) is 3.10. The Bertz CT molecular complexity index is 229. The molecule has 14 heavy (non-hydrogen) atoms. The van der Waals surface area contributed by atoms with E-state index in [-0.39, 0.29) is 5.54 Å². The van der Waals surface area contributed by atoms with Gasteiger partial charge in [0, 0.05) is 11.5 Å². The van der Waals surface area contributed by atoms with E-state index < -0.39 is 0 Å². The summed E-state index contributed by atoms with van der Waals surface area (Å²) in [7, 11) is 0. The van der Waals surface area contributed by atoms with E-state index in [0.717, 1.165) is 11.8 Å². The summed E-state index contributed by atoms with van der Waals surface area (Å²) in [5.74, 6) is 2.11. The van der Waals surface area contributed by atoms with Crippen LogP contribution in [-0.2, 0) is 4.79 Å². The highest BCUT2D eigenvalue weighted by Gasteiger charge is 2.54. The molecular weight excluding hydrogens is 174 g/mol. The summed E-state index contributed by atoms with van der Waals surface area (Å²) in [6.45, 7) is 6.16. The van der Waals surface area contributed by atoms with Crippen LogP contribution in [0.2, 0.25) is 0 Å². The first-order chi connectivity index (χ1) is 6.49. The Morgan fingerprint density at radius 3 is 2.07 bits per heavy atom. The molecule has 2 aliphatic carbocycles. The van der Waals surface area contributed by atoms with Crippen LogP contribution in [0, 0.1) is 17.8 Å². The van der Waals surface area contributed by atoms with E-state index in [2.05, 4.69) is 26.1 Å². The van der Waals surface area contributed by atoms with Crippen molar-refractivity contribution >= 4 is 5.91 Å². The van der Waals surface area contributed by atoms with Gasteiger partial charge in [-0.1, -0.05) is 12.8 Å². The van der Waals surface area contributed by atoms with Gasteiger partial charge in [0.15, 0.2) is 0 Å². The fraction of sp³-hybridized carbons (Fsp3) is 0.917. The molecule has 1 N–H and O–H groups in total. The fourth-order valence-electron chi connectivity index (χ4n) is 2.83. The molecule has 2 heteroatoms. The van der Waals surface area contributed by atoms with Gasteiger partial charge in [-0.25, -0.2) is 0 Å². The van der Waals surface area contributed by atoms with E-state index in [1.165, 1.54) is 25.7 Å². The lowest BCUT2D eigenvalue weighted by Crippen LogP contribution is -2.41. The largest absolute Gasteiger partial charge is 0.351 e. The molecule has 1 amide bonds. The van der Waals surface area contributed by atoms with Crippen LogP contribution in [0.4, 0.5) is 0 Å². The van der Waals surface area contributed by atoms with Crippen LogP contribution in [-0.4, -0.2) is 11.4 Å². The summed E-state index contributed by atoms with van der Waals surface area (Å²) >= 11 is 0. The van der Waals surface area contributed by atoms with Crippen molar-refractivity contribution in [3.63, 3.8) is 0 Å². The maximum absolute atomic E-state index is 11.9. The van der Waals surface area contributed by atoms with Gasteiger partial charge in [0.1, 0.15) is 0 Å². The molecule has 2 unspecified atom stereocenters. The molecule has 0 aromatic heterocycles. The number of hydrogen-bond donors (Lipinski definition) is 1. The molecule has 2 nitrogen and oxygen atoms in total. The Balaban J connectivity index is 1.88. The Hall–Kier alpha value is -0.530. The zero-order valence-electron chi connectivity index (χ0n) is 9.47. The molecule has 80 valence electrons. The number of amides is 1. The maximum Gasteiger partial charge on any atom is 0.224 e. The lowest BCUT2D eigenvalue weighted by atomic mass is 10.0. The quantitative estimate of drug-likeness (QED) is 0.683. The zero-order valence-corrected chi connectivity index (χ0v) is 9.47. The minimum atomic E-state index is -0.0666. The first-order valence-electron chi connectivity index (χ1n) is 5.81. The molecule has 2 fully saturated rings. The van der Waals surface area contributed by atoms with Gasteiger partial charge in [0.25, 0.3) is 0 Å². The molecule has 0 spiro atoms. The average Bonchev–Trinajstić information content (AvgIpc) is 2.73. The molecule has 0 aliphatic heterocycles. The summed E-state index contributed by atoms with van der Waals surface area (Å²) in [6.07, 6.45) is 5.24. The van der Waals surface area contributed by atoms with E-state index >= 15 is 0 Å². The third kappa shape index (κ3) is 1.94. The first kappa shape index (κ1) is 10.0.